The molecule has 4 heterocycles. The van der Waals surface area contributed by atoms with Crippen molar-refractivity contribution in [1.29, 1.82) is 0 Å². The van der Waals surface area contributed by atoms with Crippen LogP contribution in [0.1, 0.15) is 0 Å². The Labute approximate surface area is 223 Å². The van der Waals surface area contributed by atoms with Crippen LogP contribution in [0.15, 0.2) is 42.7 Å². The van der Waals surface area contributed by atoms with Crippen LogP contribution in [0.2, 0.25) is 0 Å². The van der Waals surface area contributed by atoms with E-state index in [-0.39, 0.29) is 18.9 Å². The van der Waals surface area contributed by atoms with Gasteiger partial charge in [-0.2, -0.15) is 4.31 Å². The number of nitrogens with zero attached hydrogens (tertiary/aromatic N) is 6. The molecule has 0 radical (unpaired) electrons. The fraction of sp³-hybridized carbons (Fsp3) is 0.500. The summed E-state index contributed by atoms with van der Waals surface area (Å²) >= 11 is 0. The molecule has 0 bridgehead atoms. The maximum absolute atomic E-state index is 12.8. The van der Waals surface area contributed by atoms with Gasteiger partial charge in [-0.25, -0.2) is 18.4 Å². The molecule has 0 N–H and O–H groups in total. The number of ether oxygens (including phenoxy) is 3. The van der Waals surface area contributed by atoms with Crippen molar-refractivity contribution < 1.29 is 22.6 Å². The molecule has 38 heavy (non-hydrogen) atoms. The molecule has 2 saturated heterocycles. The number of rotatable bonds is 9. The monoisotopic (exact) mass is 542 g/mol. The molecule has 11 nitrogen and oxygen atoms in total. The average molecular weight is 543 g/mol. The fourth-order valence-electron chi connectivity index (χ4n) is 4.50. The minimum Gasteiger partial charge on any atom is -0.473 e. The Morgan fingerprint density at radius 1 is 1.05 bits per heavy atom. The Kier molecular flexibility index (Phi) is 8.34. The molecule has 2 fully saturated rings. The van der Waals surface area contributed by atoms with Crippen molar-refractivity contribution in [2.24, 2.45) is 0 Å². The van der Waals surface area contributed by atoms with Gasteiger partial charge < -0.3 is 24.0 Å². The number of hydrogen-bond acceptors (Lipinski definition) is 10. The van der Waals surface area contributed by atoms with Crippen LogP contribution in [0.5, 0.6) is 5.88 Å². The molecule has 0 spiro atoms. The average Bonchev–Trinajstić information content (AvgIpc) is 2.95. The fourth-order valence-corrected chi connectivity index (χ4v) is 6.10. The van der Waals surface area contributed by atoms with Gasteiger partial charge in [0, 0.05) is 56.4 Å². The largest absolute Gasteiger partial charge is 0.473 e. The van der Waals surface area contributed by atoms with Crippen molar-refractivity contribution in [1.82, 2.24) is 24.2 Å². The summed E-state index contributed by atoms with van der Waals surface area (Å²) in [6, 6.07) is 10.2. The molecule has 1 unspecified atom stereocenters. The van der Waals surface area contributed by atoms with Gasteiger partial charge in [-0.15, -0.1) is 0 Å². The first kappa shape index (κ1) is 26.7. The molecule has 0 saturated carbocycles. The number of hydrogen-bond donors (Lipinski definition) is 0. The normalized spacial score (nSPS) is 19.2. The van der Waals surface area contributed by atoms with Gasteiger partial charge in [0.25, 0.3) is 0 Å². The Morgan fingerprint density at radius 2 is 1.82 bits per heavy atom. The molecule has 1 aromatic carbocycles. The Balaban J connectivity index is 1.31. The second kappa shape index (κ2) is 11.9. The van der Waals surface area contributed by atoms with Crippen LogP contribution in [0.3, 0.4) is 0 Å². The van der Waals surface area contributed by atoms with E-state index in [9.17, 15) is 8.42 Å². The number of anilines is 1. The van der Waals surface area contributed by atoms with Crippen molar-refractivity contribution in [3.63, 3.8) is 0 Å². The third-order valence-corrected chi connectivity index (χ3v) is 8.48. The van der Waals surface area contributed by atoms with E-state index in [1.165, 1.54) is 4.31 Å². The lowest BCUT2D eigenvalue weighted by molar-refractivity contribution is -0.0254. The number of sulfonamides is 1. The van der Waals surface area contributed by atoms with Gasteiger partial charge in [0.2, 0.25) is 15.9 Å². The van der Waals surface area contributed by atoms with E-state index in [1.54, 1.807) is 12.4 Å². The molecule has 12 heteroatoms. The SMILES string of the molecule is CN(C)CCS(=O)(=O)N1CCOC(COc2nc(-c3ccc(N4CCOCC4)cc3)cc3nccnc23)C1. The molecule has 0 amide bonds. The van der Waals surface area contributed by atoms with E-state index in [0.717, 1.165) is 43.2 Å². The summed E-state index contributed by atoms with van der Waals surface area (Å²) in [5.74, 6) is 0.418. The van der Waals surface area contributed by atoms with Gasteiger partial charge in [-0.05, 0) is 32.3 Å². The molecule has 204 valence electrons. The third-order valence-electron chi connectivity index (χ3n) is 6.66. The number of pyridine rings is 1. The maximum atomic E-state index is 12.8. The lowest BCUT2D eigenvalue weighted by atomic mass is 10.1. The van der Waals surface area contributed by atoms with Gasteiger partial charge in [-0.3, -0.25) is 4.98 Å². The molecular weight excluding hydrogens is 508 g/mol. The van der Waals surface area contributed by atoms with Gasteiger partial charge in [0.05, 0.1) is 36.8 Å². The molecule has 0 aliphatic carbocycles. The van der Waals surface area contributed by atoms with E-state index in [1.807, 2.05) is 37.2 Å². The number of aromatic nitrogens is 3. The quantitative estimate of drug-likeness (QED) is 0.395. The summed E-state index contributed by atoms with van der Waals surface area (Å²) < 4.78 is 44.4. The molecule has 1 atom stereocenters. The highest BCUT2D eigenvalue weighted by atomic mass is 32.2. The van der Waals surface area contributed by atoms with Crippen molar-refractivity contribution in [3.8, 4) is 17.1 Å². The topological polar surface area (TPSA) is 110 Å². The predicted octanol–water partition coefficient (Wildman–Crippen LogP) is 1.50. The zero-order chi connectivity index (χ0) is 26.5. The molecule has 3 aromatic rings. The Morgan fingerprint density at radius 3 is 2.58 bits per heavy atom. The third kappa shape index (κ3) is 6.38. The lowest BCUT2D eigenvalue weighted by Crippen LogP contribution is -2.49. The Hall–Kier alpha value is -2.90. The van der Waals surface area contributed by atoms with Crippen molar-refractivity contribution >= 4 is 26.7 Å². The van der Waals surface area contributed by atoms with Crippen LogP contribution in [-0.4, -0.2) is 118 Å². The van der Waals surface area contributed by atoms with Crippen LogP contribution in [0, 0.1) is 0 Å². The first-order valence-corrected chi connectivity index (χ1v) is 14.4. The van der Waals surface area contributed by atoms with Gasteiger partial charge >= 0.3 is 0 Å². The molecular formula is C26H34N6O5S. The molecule has 2 aliphatic rings. The minimum absolute atomic E-state index is 0.0712. The number of morpholine rings is 2. The standard InChI is InChI=1S/C26H34N6O5S/c1-30(2)12-16-38(33,34)32-11-15-36-22(18-32)19-37-26-25-24(27-7-8-28-25)17-23(29-26)20-3-5-21(6-4-20)31-9-13-35-14-10-31/h3-8,17,22H,9-16,18-19H2,1-2H3. The molecule has 5 rings (SSSR count). The van der Waals surface area contributed by atoms with Gasteiger partial charge in [0.1, 0.15) is 12.7 Å². The minimum atomic E-state index is -3.38. The van der Waals surface area contributed by atoms with Crippen molar-refractivity contribution in [2.75, 3.05) is 83.9 Å². The molecule has 2 aliphatic heterocycles. The van der Waals surface area contributed by atoms with Gasteiger partial charge in [0.15, 0.2) is 5.52 Å². The summed E-state index contributed by atoms with van der Waals surface area (Å²) in [5, 5.41) is 0. The van der Waals surface area contributed by atoms with E-state index >= 15 is 0 Å². The first-order chi connectivity index (χ1) is 18.4. The maximum Gasteiger partial charge on any atom is 0.242 e. The van der Waals surface area contributed by atoms with E-state index < -0.39 is 16.1 Å². The van der Waals surface area contributed by atoms with Crippen LogP contribution in [0.4, 0.5) is 5.69 Å². The second-order valence-corrected chi connectivity index (χ2v) is 11.8. The van der Waals surface area contributed by atoms with Crippen molar-refractivity contribution in [2.45, 2.75) is 6.10 Å². The zero-order valence-corrected chi connectivity index (χ0v) is 22.6. The van der Waals surface area contributed by atoms with Crippen LogP contribution >= 0.6 is 0 Å². The summed E-state index contributed by atoms with van der Waals surface area (Å²) in [7, 11) is 0.343. The highest BCUT2D eigenvalue weighted by Gasteiger charge is 2.30. The smallest absolute Gasteiger partial charge is 0.242 e. The zero-order valence-electron chi connectivity index (χ0n) is 21.8. The lowest BCUT2D eigenvalue weighted by Gasteiger charge is -2.32. The summed E-state index contributed by atoms with van der Waals surface area (Å²) in [4.78, 5) is 17.8. The van der Waals surface area contributed by atoms with E-state index in [2.05, 4.69) is 27.0 Å². The molecule has 2 aromatic heterocycles. The Bertz CT molecular complexity index is 1330. The van der Waals surface area contributed by atoms with Crippen LogP contribution in [-0.2, 0) is 19.5 Å². The number of benzene rings is 1. The van der Waals surface area contributed by atoms with E-state index in [4.69, 9.17) is 19.2 Å². The highest BCUT2D eigenvalue weighted by Crippen LogP contribution is 2.29. The van der Waals surface area contributed by atoms with Crippen molar-refractivity contribution in [3.05, 3.63) is 42.7 Å². The van der Waals surface area contributed by atoms with Gasteiger partial charge in [-0.1, -0.05) is 12.1 Å². The first-order valence-electron chi connectivity index (χ1n) is 12.8. The predicted molar refractivity (Wildman–Crippen MR) is 145 cm³/mol. The second-order valence-electron chi connectivity index (χ2n) is 9.66. The van der Waals surface area contributed by atoms with Crippen LogP contribution in [0.25, 0.3) is 22.3 Å². The summed E-state index contributed by atoms with van der Waals surface area (Å²) in [5.41, 5.74) is 4.02. The van der Waals surface area contributed by atoms with E-state index in [0.29, 0.717) is 36.6 Å². The highest BCUT2D eigenvalue weighted by molar-refractivity contribution is 7.89. The summed E-state index contributed by atoms with van der Waals surface area (Å²) in [6.07, 6.45) is 2.82. The summed E-state index contributed by atoms with van der Waals surface area (Å²) in [6.45, 7) is 4.73. The van der Waals surface area contributed by atoms with Crippen LogP contribution < -0.4 is 9.64 Å². The number of fused-ring (bicyclic) bond motifs is 1.